The maximum atomic E-state index is 12.6. The molecule has 1 aromatic carbocycles. The van der Waals surface area contributed by atoms with E-state index in [1.807, 2.05) is 45.3 Å². The molecule has 0 N–H and O–H groups in total. The Morgan fingerprint density at radius 3 is 2.58 bits per heavy atom. The van der Waals surface area contributed by atoms with E-state index in [4.69, 9.17) is 4.74 Å². The number of hydrogen-bond donors (Lipinski definition) is 0. The molecule has 7 heteroatoms. The smallest absolute Gasteiger partial charge is 0.269 e. The van der Waals surface area contributed by atoms with Crippen molar-refractivity contribution in [3.63, 3.8) is 0 Å². The molecular formula is C19H26N4O3. The van der Waals surface area contributed by atoms with Gasteiger partial charge in [0.05, 0.1) is 19.0 Å². The Bertz CT molecular complexity index is 816. The van der Waals surface area contributed by atoms with Crippen molar-refractivity contribution in [2.24, 2.45) is 0 Å². The van der Waals surface area contributed by atoms with Crippen LogP contribution in [0.3, 0.4) is 0 Å². The second-order valence-corrected chi connectivity index (χ2v) is 6.47. The molecule has 140 valence electrons. The Kier molecular flexibility index (Phi) is 6.38. The molecular weight excluding hydrogens is 332 g/mol. The molecule has 7 nitrogen and oxygen atoms in total. The SMILES string of the molecule is COc1ccccc1CC(C)N(C)C(=O)Cn1ncc(N(C)C)cc1=O. The summed E-state index contributed by atoms with van der Waals surface area (Å²) < 4.78 is 6.55. The lowest BCUT2D eigenvalue weighted by Gasteiger charge is -2.26. The molecule has 26 heavy (non-hydrogen) atoms. The molecule has 0 fully saturated rings. The van der Waals surface area contributed by atoms with Crippen LogP contribution in [0.4, 0.5) is 5.69 Å². The molecule has 0 saturated heterocycles. The molecule has 2 rings (SSSR count). The number of likely N-dealkylation sites (N-methyl/N-ethyl adjacent to an activating group) is 1. The highest BCUT2D eigenvalue weighted by atomic mass is 16.5. The molecule has 0 aliphatic heterocycles. The Balaban J connectivity index is 2.06. The zero-order chi connectivity index (χ0) is 19.3. The van der Waals surface area contributed by atoms with Crippen molar-refractivity contribution >= 4 is 11.6 Å². The molecule has 1 unspecified atom stereocenters. The van der Waals surface area contributed by atoms with Crippen LogP contribution < -0.4 is 15.2 Å². The van der Waals surface area contributed by atoms with Crippen molar-refractivity contribution in [1.29, 1.82) is 0 Å². The number of anilines is 1. The van der Waals surface area contributed by atoms with Crippen LogP contribution in [0.1, 0.15) is 12.5 Å². The van der Waals surface area contributed by atoms with E-state index >= 15 is 0 Å². The van der Waals surface area contributed by atoms with Gasteiger partial charge >= 0.3 is 0 Å². The van der Waals surface area contributed by atoms with Gasteiger partial charge in [-0.2, -0.15) is 5.10 Å². The molecule has 0 bridgehead atoms. The lowest BCUT2D eigenvalue weighted by molar-refractivity contribution is -0.132. The van der Waals surface area contributed by atoms with Gasteiger partial charge in [-0.15, -0.1) is 0 Å². The summed E-state index contributed by atoms with van der Waals surface area (Å²) in [4.78, 5) is 28.1. The van der Waals surface area contributed by atoms with E-state index in [1.54, 1.807) is 30.2 Å². The fourth-order valence-corrected chi connectivity index (χ4v) is 2.60. The van der Waals surface area contributed by atoms with E-state index in [2.05, 4.69) is 5.10 Å². The van der Waals surface area contributed by atoms with Gasteiger partial charge in [0, 0.05) is 33.3 Å². The normalized spacial score (nSPS) is 11.7. The van der Waals surface area contributed by atoms with E-state index < -0.39 is 0 Å². The third-order valence-corrected chi connectivity index (χ3v) is 4.42. The van der Waals surface area contributed by atoms with E-state index in [0.29, 0.717) is 12.1 Å². The van der Waals surface area contributed by atoms with Crippen LogP contribution in [0.15, 0.2) is 41.3 Å². The quantitative estimate of drug-likeness (QED) is 0.749. The predicted octanol–water partition coefficient (Wildman–Crippen LogP) is 1.41. The summed E-state index contributed by atoms with van der Waals surface area (Å²) in [5, 5.41) is 4.09. The van der Waals surface area contributed by atoms with Crippen molar-refractivity contribution in [3.05, 3.63) is 52.4 Å². The molecule has 0 aliphatic rings. The average Bonchev–Trinajstić information content (AvgIpc) is 2.62. The second-order valence-electron chi connectivity index (χ2n) is 6.47. The molecule has 0 aliphatic carbocycles. The molecule has 0 saturated carbocycles. The van der Waals surface area contributed by atoms with Gasteiger partial charge in [0.25, 0.3) is 5.56 Å². The van der Waals surface area contributed by atoms with Crippen molar-refractivity contribution < 1.29 is 9.53 Å². The molecule has 0 spiro atoms. The van der Waals surface area contributed by atoms with Gasteiger partial charge < -0.3 is 14.5 Å². The summed E-state index contributed by atoms with van der Waals surface area (Å²) in [5.74, 6) is 0.636. The first-order valence-corrected chi connectivity index (χ1v) is 8.45. The van der Waals surface area contributed by atoms with E-state index in [0.717, 1.165) is 11.3 Å². The van der Waals surface area contributed by atoms with Crippen LogP contribution in [0.5, 0.6) is 5.75 Å². The first kappa shape index (κ1) is 19.5. The van der Waals surface area contributed by atoms with Crippen molar-refractivity contribution in [2.75, 3.05) is 33.2 Å². The highest BCUT2D eigenvalue weighted by molar-refractivity contribution is 5.76. The molecule has 1 atom stereocenters. The molecule has 2 aromatic rings. The minimum atomic E-state index is -0.296. The van der Waals surface area contributed by atoms with E-state index in [9.17, 15) is 9.59 Å². The van der Waals surface area contributed by atoms with Crippen LogP contribution in [-0.4, -0.2) is 54.9 Å². The first-order valence-electron chi connectivity index (χ1n) is 8.45. The zero-order valence-corrected chi connectivity index (χ0v) is 16.0. The summed E-state index contributed by atoms with van der Waals surface area (Å²) in [6, 6.07) is 9.17. The van der Waals surface area contributed by atoms with Crippen molar-refractivity contribution in [2.45, 2.75) is 25.9 Å². The minimum Gasteiger partial charge on any atom is -0.496 e. The Morgan fingerprint density at radius 2 is 1.96 bits per heavy atom. The number of carbonyl (C=O) groups is 1. The summed E-state index contributed by atoms with van der Waals surface area (Å²) >= 11 is 0. The number of methoxy groups -OCH3 is 1. The topological polar surface area (TPSA) is 67.7 Å². The maximum absolute atomic E-state index is 12.6. The van der Waals surface area contributed by atoms with Crippen LogP contribution in [-0.2, 0) is 17.8 Å². The molecule has 1 aromatic heterocycles. The summed E-state index contributed by atoms with van der Waals surface area (Å²) in [6.07, 6.45) is 2.24. The van der Waals surface area contributed by atoms with Gasteiger partial charge in [-0.25, -0.2) is 4.68 Å². The number of benzene rings is 1. The first-order chi connectivity index (χ1) is 12.3. The van der Waals surface area contributed by atoms with Crippen LogP contribution in [0.25, 0.3) is 0 Å². The predicted molar refractivity (Wildman–Crippen MR) is 102 cm³/mol. The average molecular weight is 358 g/mol. The largest absolute Gasteiger partial charge is 0.496 e. The summed E-state index contributed by atoms with van der Waals surface area (Å²) in [7, 11) is 7.04. The van der Waals surface area contributed by atoms with Gasteiger partial charge in [-0.1, -0.05) is 18.2 Å². The standard InChI is InChI=1S/C19H26N4O3/c1-14(10-15-8-6-7-9-17(15)26-5)22(4)19(25)13-23-18(24)11-16(12-20-23)21(2)3/h6-9,11-12,14H,10,13H2,1-5H3. The minimum absolute atomic E-state index is 0.0458. The maximum Gasteiger partial charge on any atom is 0.269 e. The number of aromatic nitrogens is 2. The highest BCUT2D eigenvalue weighted by Gasteiger charge is 2.19. The van der Waals surface area contributed by atoms with E-state index in [1.165, 1.54) is 10.7 Å². The third kappa shape index (κ3) is 4.62. The number of rotatable bonds is 7. The monoisotopic (exact) mass is 358 g/mol. The van der Waals surface area contributed by atoms with Gasteiger partial charge in [0.15, 0.2) is 0 Å². The molecule has 1 heterocycles. The Labute approximate surface area is 153 Å². The number of nitrogens with zero attached hydrogens (tertiary/aromatic N) is 4. The summed E-state index contributed by atoms with van der Waals surface area (Å²) in [6.45, 7) is 1.88. The number of para-hydroxylation sites is 1. The van der Waals surface area contributed by atoms with Gasteiger partial charge in [0.1, 0.15) is 12.3 Å². The molecule has 1 amide bonds. The lowest BCUT2D eigenvalue weighted by atomic mass is 10.1. The molecule has 0 radical (unpaired) electrons. The highest BCUT2D eigenvalue weighted by Crippen LogP contribution is 2.20. The number of carbonyl (C=O) groups excluding carboxylic acids is 1. The van der Waals surface area contributed by atoms with Crippen LogP contribution in [0, 0.1) is 0 Å². The number of ether oxygens (including phenoxy) is 1. The van der Waals surface area contributed by atoms with Crippen molar-refractivity contribution in [3.8, 4) is 5.75 Å². The van der Waals surface area contributed by atoms with Crippen LogP contribution in [0.2, 0.25) is 0 Å². The third-order valence-electron chi connectivity index (χ3n) is 4.42. The Morgan fingerprint density at radius 1 is 1.27 bits per heavy atom. The van der Waals surface area contributed by atoms with Crippen molar-refractivity contribution in [1.82, 2.24) is 14.7 Å². The fourth-order valence-electron chi connectivity index (χ4n) is 2.60. The summed E-state index contributed by atoms with van der Waals surface area (Å²) in [5.41, 5.74) is 1.44. The van der Waals surface area contributed by atoms with Gasteiger partial charge in [0.2, 0.25) is 5.91 Å². The van der Waals surface area contributed by atoms with Gasteiger partial charge in [-0.05, 0) is 25.0 Å². The lowest BCUT2D eigenvalue weighted by Crippen LogP contribution is -2.40. The fraction of sp³-hybridized carbons (Fsp3) is 0.421. The van der Waals surface area contributed by atoms with Gasteiger partial charge in [-0.3, -0.25) is 9.59 Å². The zero-order valence-electron chi connectivity index (χ0n) is 16.0. The Hall–Kier alpha value is -2.83. The van der Waals surface area contributed by atoms with Crippen LogP contribution >= 0.6 is 0 Å². The number of amides is 1. The number of hydrogen-bond acceptors (Lipinski definition) is 5. The second kappa shape index (κ2) is 8.51. The van der Waals surface area contributed by atoms with E-state index in [-0.39, 0.29) is 24.1 Å².